The van der Waals surface area contributed by atoms with E-state index in [1.54, 1.807) is 10.8 Å². The van der Waals surface area contributed by atoms with Gasteiger partial charge in [-0.15, -0.1) is 11.7 Å². The maximum atomic E-state index is 3.99. The Bertz CT molecular complexity index is 31.9. The van der Waals surface area contributed by atoms with Crippen LogP contribution in [0.4, 0.5) is 0 Å². The minimum atomic E-state index is 0.915. The van der Waals surface area contributed by atoms with Crippen LogP contribution in [0.1, 0.15) is 12.8 Å². The maximum Gasteiger partial charge on any atom is 0.0149 e. The van der Waals surface area contributed by atoms with Gasteiger partial charge in [-0.1, -0.05) is 10.8 Å². The van der Waals surface area contributed by atoms with E-state index in [9.17, 15) is 0 Å². The molecule has 1 rings (SSSR count). The summed E-state index contributed by atoms with van der Waals surface area (Å²) in [4.78, 5) is 0. The quantitative estimate of drug-likeness (QED) is 0.392. The third kappa shape index (κ3) is 1.05. The van der Waals surface area contributed by atoms with E-state index in [1.807, 2.05) is 0 Å². The zero-order chi connectivity index (χ0) is 3.70. The Balaban J connectivity index is 2.00. The zero-order valence-corrected chi connectivity index (χ0v) is 4.56. The molecule has 0 N–H and O–H groups in total. The summed E-state index contributed by atoms with van der Waals surface area (Å²) in [6, 6.07) is 0. The lowest BCUT2D eigenvalue weighted by Crippen LogP contribution is -1.53. The Kier molecular flexibility index (Phi) is 1.11. The molecule has 0 saturated heterocycles. The Morgan fingerprint density at radius 2 is 2.20 bits per heavy atom. The highest BCUT2D eigenvalue weighted by molar-refractivity contribution is 8.69. The topological polar surface area (TPSA) is 0 Å². The lowest BCUT2D eigenvalue weighted by Gasteiger charge is -1.72. The standard InChI is InChI=1S/C3H6S2/c4-5-3-1-2-3/h3-4H,1-2H2. The highest BCUT2D eigenvalue weighted by Gasteiger charge is 2.19. The van der Waals surface area contributed by atoms with Crippen molar-refractivity contribution in [3.63, 3.8) is 0 Å². The number of hydrogen-bond donors (Lipinski definition) is 1. The van der Waals surface area contributed by atoms with Crippen LogP contribution in [0.3, 0.4) is 0 Å². The molecule has 5 heavy (non-hydrogen) atoms. The third-order valence-corrected chi connectivity index (χ3v) is 2.34. The van der Waals surface area contributed by atoms with Gasteiger partial charge >= 0.3 is 0 Å². The molecule has 0 spiro atoms. The van der Waals surface area contributed by atoms with E-state index >= 15 is 0 Å². The largest absolute Gasteiger partial charge is 0.111 e. The van der Waals surface area contributed by atoms with Crippen molar-refractivity contribution in [2.75, 3.05) is 0 Å². The van der Waals surface area contributed by atoms with Gasteiger partial charge in [-0.05, 0) is 12.8 Å². The Morgan fingerprint density at radius 3 is 2.20 bits per heavy atom. The molecule has 0 amide bonds. The lowest BCUT2D eigenvalue weighted by atomic mass is 11.0. The summed E-state index contributed by atoms with van der Waals surface area (Å²) in [5.74, 6) is 0. The van der Waals surface area contributed by atoms with Gasteiger partial charge in [0.1, 0.15) is 0 Å². The first-order valence-electron chi connectivity index (χ1n) is 1.73. The van der Waals surface area contributed by atoms with Gasteiger partial charge in [-0.25, -0.2) is 0 Å². The van der Waals surface area contributed by atoms with E-state index in [2.05, 4.69) is 11.7 Å². The predicted molar refractivity (Wildman–Crippen MR) is 29.6 cm³/mol. The lowest BCUT2D eigenvalue weighted by molar-refractivity contribution is 1.50. The van der Waals surface area contributed by atoms with E-state index in [-0.39, 0.29) is 0 Å². The fraction of sp³-hybridized carbons (Fsp3) is 1.00. The van der Waals surface area contributed by atoms with Crippen LogP contribution in [0.2, 0.25) is 0 Å². The van der Waals surface area contributed by atoms with Crippen LogP contribution in [0.15, 0.2) is 0 Å². The molecule has 0 unspecified atom stereocenters. The van der Waals surface area contributed by atoms with Crippen molar-refractivity contribution >= 4 is 22.5 Å². The van der Waals surface area contributed by atoms with Crippen LogP contribution in [0, 0.1) is 0 Å². The molecular weight excluding hydrogens is 100 g/mol. The van der Waals surface area contributed by atoms with E-state index in [0.717, 1.165) is 5.25 Å². The average Bonchev–Trinajstić information content (AvgIpc) is 2.12. The monoisotopic (exact) mass is 106 g/mol. The zero-order valence-electron chi connectivity index (χ0n) is 2.85. The van der Waals surface area contributed by atoms with Crippen molar-refractivity contribution in [2.45, 2.75) is 18.1 Å². The first kappa shape index (κ1) is 3.88. The molecule has 0 aliphatic heterocycles. The predicted octanol–water partition coefficient (Wildman–Crippen LogP) is 1.73. The van der Waals surface area contributed by atoms with E-state index < -0.39 is 0 Å². The van der Waals surface area contributed by atoms with Crippen LogP contribution >= 0.6 is 22.5 Å². The van der Waals surface area contributed by atoms with Gasteiger partial charge in [0, 0.05) is 5.25 Å². The molecule has 0 heterocycles. The molecule has 0 atom stereocenters. The minimum absolute atomic E-state index is 0.915. The number of thiol groups is 1. The van der Waals surface area contributed by atoms with Gasteiger partial charge < -0.3 is 0 Å². The highest BCUT2D eigenvalue weighted by Crippen LogP contribution is 2.35. The second-order valence-electron chi connectivity index (χ2n) is 1.30. The van der Waals surface area contributed by atoms with Crippen molar-refractivity contribution in [3.8, 4) is 0 Å². The smallest absolute Gasteiger partial charge is 0.0149 e. The first-order valence-corrected chi connectivity index (χ1v) is 3.67. The summed E-state index contributed by atoms with van der Waals surface area (Å²) < 4.78 is 0. The van der Waals surface area contributed by atoms with Crippen LogP contribution < -0.4 is 0 Å². The molecule has 0 bridgehead atoms. The van der Waals surface area contributed by atoms with E-state index in [1.165, 1.54) is 12.8 Å². The fourth-order valence-corrected chi connectivity index (χ4v) is 1.15. The van der Waals surface area contributed by atoms with Crippen LogP contribution in [-0.2, 0) is 0 Å². The third-order valence-electron chi connectivity index (χ3n) is 0.673. The molecule has 0 nitrogen and oxygen atoms in total. The summed E-state index contributed by atoms with van der Waals surface area (Å²) in [5.41, 5.74) is 0. The number of rotatable bonds is 1. The second-order valence-corrected chi connectivity index (χ2v) is 2.81. The SMILES string of the molecule is SSC1CC1. The molecule has 0 aromatic heterocycles. The maximum absolute atomic E-state index is 3.99. The van der Waals surface area contributed by atoms with Crippen molar-refractivity contribution in [1.29, 1.82) is 0 Å². The van der Waals surface area contributed by atoms with E-state index in [4.69, 9.17) is 0 Å². The summed E-state index contributed by atoms with van der Waals surface area (Å²) >= 11 is 3.99. The molecular formula is C3H6S2. The van der Waals surface area contributed by atoms with Gasteiger partial charge in [0.15, 0.2) is 0 Å². The van der Waals surface area contributed by atoms with E-state index in [0.29, 0.717) is 0 Å². The van der Waals surface area contributed by atoms with Crippen molar-refractivity contribution in [1.82, 2.24) is 0 Å². The minimum Gasteiger partial charge on any atom is -0.111 e. The molecule has 1 aliphatic rings. The van der Waals surface area contributed by atoms with Gasteiger partial charge in [0.25, 0.3) is 0 Å². The Morgan fingerprint density at radius 1 is 1.60 bits per heavy atom. The first-order chi connectivity index (χ1) is 2.43. The van der Waals surface area contributed by atoms with Crippen molar-refractivity contribution in [3.05, 3.63) is 0 Å². The van der Waals surface area contributed by atoms with Gasteiger partial charge in [0.2, 0.25) is 0 Å². The van der Waals surface area contributed by atoms with Crippen LogP contribution in [-0.4, -0.2) is 5.25 Å². The second kappa shape index (κ2) is 1.43. The van der Waals surface area contributed by atoms with Crippen LogP contribution in [0.5, 0.6) is 0 Å². The van der Waals surface area contributed by atoms with Gasteiger partial charge in [-0.2, -0.15) is 0 Å². The molecule has 0 aromatic carbocycles. The van der Waals surface area contributed by atoms with Crippen molar-refractivity contribution in [2.24, 2.45) is 0 Å². The average molecular weight is 106 g/mol. The summed E-state index contributed by atoms with van der Waals surface area (Å²) in [5, 5.41) is 0.915. The normalized spacial score (nSPS) is 23.4. The highest BCUT2D eigenvalue weighted by atomic mass is 33.1. The Labute approximate surface area is 41.1 Å². The fourth-order valence-electron chi connectivity index (χ4n) is 0.173. The summed E-state index contributed by atoms with van der Waals surface area (Å²) in [7, 11) is 1.69. The molecule has 1 saturated carbocycles. The summed E-state index contributed by atoms with van der Waals surface area (Å²) in [6.07, 6.45) is 2.79. The van der Waals surface area contributed by atoms with Crippen LogP contribution in [0.25, 0.3) is 0 Å². The Hall–Kier alpha value is 0.700. The molecule has 1 aliphatic carbocycles. The van der Waals surface area contributed by atoms with Gasteiger partial charge in [0.05, 0.1) is 0 Å². The molecule has 30 valence electrons. The molecule has 2 heteroatoms. The molecule has 0 radical (unpaired) electrons. The van der Waals surface area contributed by atoms with Crippen molar-refractivity contribution < 1.29 is 0 Å². The molecule has 1 fully saturated rings. The number of hydrogen-bond acceptors (Lipinski definition) is 2. The molecule has 0 aromatic rings. The summed E-state index contributed by atoms with van der Waals surface area (Å²) in [6.45, 7) is 0. The van der Waals surface area contributed by atoms with Gasteiger partial charge in [-0.3, -0.25) is 0 Å².